The third-order valence-corrected chi connectivity index (χ3v) is 3.76. The predicted molar refractivity (Wildman–Crippen MR) is 77.4 cm³/mol. The highest BCUT2D eigenvalue weighted by Gasteiger charge is 2.10. The first-order valence-corrected chi connectivity index (χ1v) is 7.15. The van der Waals surface area contributed by atoms with Crippen LogP contribution in [0.15, 0.2) is 41.9 Å². The summed E-state index contributed by atoms with van der Waals surface area (Å²) in [5, 5.41) is 2.78. The van der Waals surface area contributed by atoms with E-state index < -0.39 is 5.82 Å². The average molecular weight is 306 g/mol. The summed E-state index contributed by atoms with van der Waals surface area (Å²) in [5.74, 6) is -0.467. The molecule has 0 saturated heterocycles. The Bertz CT molecular complexity index is 730. The minimum absolute atomic E-state index is 0.0428. The van der Waals surface area contributed by atoms with Crippen molar-refractivity contribution in [3.8, 4) is 11.3 Å². The van der Waals surface area contributed by atoms with Crippen molar-refractivity contribution in [3.05, 3.63) is 63.7 Å². The van der Waals surface area contributed by atoms with E-state index in [0.29, 0.717) is 6.42 Å². The van der Waals surface area contributed by atoms with Crippen LogP contribution in [0.5, 0.6) is 0 Å². The minimum Gasteiger partial charge on any atom is -0.241 e. The average Bonchev–Trinajstić information content (AvgIpc) is 2.92. The number of hydrogen-bond donors (Lipinski definition) is 0. The van der Waals surface area contributed by atoms with Gasteiger partial charge in [0.1, 0.15) is 0 Å². The van der Waals surface area contributed by atoms with Crippen LogP contribution in [0.25, 0.3) is 11.3 Å². The molecule has 0 bridgehead atoms. The van der Waals surface area contributed by atoms with Crippen LogP contribution in [0.4, 0.5) is 4.39 Å². The van der Waals surface area contributed by atoms with Crippen molar-refractivity contribution >= 4 is 22.9 Å². The third kappa shape index (κ3) is 2.84. The van der Waals surface area contributed by atoms with Crippen LogP contribution < -0.4 is 0 Å². The van der Waals surface area contributed by atoms with Gasteiger partial charge in [-0.15, -0.1) is 11.3 Å². The van der Waals surface area contributed by atoms with Gasteiger partial charge in [-0.3, -0.25) is 0 Å². The molecule has 0 unspecified atom stereocenters. The van der Waals surface area contributed by atoms with Crippen LogP contribution in [0.3, 0.4) is 0 Å². The molecule has 1 aromatic carbocycles. The van der Waals surface area contributed by atoms with Crippen molar-refractivity contribution in [2.75, 3.05) is 0 Å². The minimum atomic E-state index is -0.467. The molecule has 100 valence electrons. The first kappa shape index (κ1) is 13.1. The molecule has 0 fully saturated rings. The summed E-state index contributed by atoms with van der Waals surface area (Å²) in [6.45, 7) is 0. The molecule has 0 N–H and O–H groups in total. The Kier molecular flexibility index (Phi) is 3.71. The zero-order valence-corrected chi connectivity index (χ0v) is 11.8. The van der Waals surface area contributed by atoms with E-state index in [1.165, 1.54) is 11.3 Å². The van der Waals surface area contributed by atoms with E-state index in [4.69, 9.17) is 11.6 Å². The Balaban J connectivity index is 1.86. The summed E-state index contributed by atoms with van der Waals surface area (Å²) >= 11 is 7.15. The summed E-state index contributed by atoms with van der Waals surface area (Å²) in [5.41, 5.74) is 2.18. The molecule has 3 rings (SSSR count). The van der Waals surface area contributed by atoms with Crippen LogP contribution in [0.1, 0.15) is 10.7 Å². The number of halogens is 2. The van der Waals surface area contributed by atoms with E-state index in [-0.39, 0.29) is 11.0 Å². The summed E-state index contributed by atoms with van der Waals surface area (Å²) in [7, 11) is 0. The monoisotopic (exact) mass is 305 g/mol. The van der Waals surface area contributed by atoms with Gasteiger partial charge in [0.05, 0.1) is 22.6 Å². The fraction of sp³-hybridized carbons (Fsp3) is 0.0714. The van der Waals surface area contributed by atoms with Crippen molar-refractivity contribution < 1.29 is 4.39 Å². The van der Waals surface area contributed by atoms with E-state index in [9.17, 15) is 4.39 Å². The summed E-state index contributed by atoms with van der Waals surface area (Å²) in [6.07, 6.45) is 1.39. The molecule has 0 amide bonds. The molecule has 0 spiro atoms. The van der Waals surface area contributed by atoms with Crippen LogP contribution in [0.2, 0.25) is 5.28 Å². The maximum atomic E-state index is 13.6. The number of thiazole rings is 1. The Morgan fingerprint density at radius 1 is 1.15 bits per heavy atom. The first-order chi connectivity index (χ1) is 9.72. The summed E-state index contributed by atoms with van der Waals surface area (Å²) in [6, 6.07) is 9.84. The fourth-order valence-electron chi connectivity index (χ4n) is 1.78. The molecule has 0 radical (unpaired) electrons. The Morgan fingerprint density at radius 2 is 1.95 bits per heavy atom. The molecule has 6 heteroatoms. The summed E-state index contributed by atoms with van der Waals surface area (Å²) in [4.78, 5) is 12.0. The largest absolute Gasteiger partial charge is 0.241 e. The van der Waals surface area contributed by atoms with Crippen LogP contribution >= 0.6 is 22.9 Å². The van der Waals surface area contributed by atoms with Crippen molar-refractivity contribution in [2.24, 2.45) is 0 Å². The fourth-order valence-corrected chi connectivity index (χ4v) is 2.74. The van der Waals surface area contributed by atoms with Gasteiger partial charge in [-0.2, -0.15) is 0 Å². The van der Waals surface area contributed by atoms with Gasteiger partial charge in [-0.05, 0) is 11.6 Å². The molecule has 2 heterocycles. The number of aromatic nitrogens is 3. The molecule has 3 aromatic rings. The third-order valence-electron chi connectivity index (χ3n) is 2.73. The molecule has 0 saturated carbocycles. The second kappa shape index (κ2) is 5.64. The normalized spacial score (nSPS) is 10.7. The maximum Gasteiger partial charge on any atom is 0.222 e. The highest BCUT2D eigenvalue weighted by Crippen LogP contribution is 2.23. The number of hydrogen-bond acceptors (Lipinski definition) is 4. The van der Waals surface area contributed by atoms with Crippen molar-refractivity contribution in [1.82, 2.24) is 15.0 Å². The lowest BCUT2D eigenvalue weighted by Crippen LogP contribution is -1.98. The zero-order valence-electron chi connectivity index (χ0n) is 10.3. The molecule has 0 aliphatic carbocycles. The Hall–Kier alpha value is -1.85. The van der Waals surface area contributed by atoms with Gasteiger partial charge in [0.2, 0.25) is 5.28 Å². The Labute approximate surface area is 124 Å². The molecule has 0 atom stereocenters. The van der Waals surface area contributed by atoms with Gasteiger partial charge in [-0.1, -0.05) is 30.3 Å². The van der Waals surface area contributed by atoms with E-state index in [1.54, 1.807) is 0 Å². The van der Waals surface area contributed by atoms with E-state index in [0.717, 1.165) is 22.5 Å². The molecular formula is C14H9ClFN3S. The van der Waals surface area contributed by atoms with Crippen molar-refractivity contribution in [3.63, 3.8) is 0 Å². The van der Waals surface area contributed by atoms with E-state index in [2.05, 4.69) is 15.0 Å². The van der Waals surface area contributed by atoms with Gasteiger partial charge in [-0.25, -0.2) is 19.3 Å². The Morgan fingerprint density at radius 3 is 2.75 bits per heavy atom. The van der Waals surface area contributed by atoms with Gasteiger partial charge in [0, 0.05) is 17.4 Å². The zero-order chi connectivity index (χ0) is 13.9. The second-order valence-electron chi connectivity index (χ2n) is 4.10. The topological polar surface area (TPSA) is 38.7 Å². The molecule has 20 heavy (non-hydrogen) atoms. The van der Waals surface area contributed by atoms with Gasteiger partial charge < -0.3 is 0 Å². The quantitative estimate of drug-likeness (QED) is 0.687. The standard InChI is InChI=1S/C14H9ClFN3S/c15-14-17-7-10(16)11(19-14)6-13-18-12(8-20-13)9-4-2-1-3-5-9/h1-5,7-8H,6H2. The summed E-state index contributed by atoms with van der Waals surface area (Å²) < 4.78 is 13.6. The lowest BCUT2D eigenvalue weighted by Gasteiger charge is -1.99. The van der Waals surface area contributed by atoms with Crippen molar-refractivity contribution in [1.29, 1.82) is 0 Å². The number of nitrogens with zero attached hydrogens (tertiary/aromatic N) is 3. The number of benzene rings is 1. The smallest absolute Gasteiger partial charge is 0.222 e. The predicted octanol–water partition coefficient (Wildman–Crippen LogP) is 3.98. The van der Waals surface area contributed by atoms with E-state index >= 15 is 0 Å². The lowest BCUT2D eigenvalue weighted by atomic mass is 10.2. The molecule has 0 aliphatic heterocycles. The first-order valence-electron chi connectivity index (χ1n) is 5.89. The van der Waals surface area contributed by atoms with Crippen LogP contribution in [-0.4, -0.2) is 15.0 Å². The maximum absolute atomic E-state index is 13.6. The molecule has 3 nitrogen and oxygen atoms in total. The van der Waals surface area contributed by atoms with Gasteiger partial charge in [0.25, 0.3) is 0 Å². The van der Waals surface area contributed by atoms with Crippen molar-refractivity contribution in [2.45, 2.75) is 6.42 Å². The molecular weight excluding hydrogens is 297 g/mol. The number of rotatable bonds is 3. The molecule has 2 aromatic heterocycles. The second-order valence-corrected chi connectivity index (χ2v) is 5.38. The highest BCUT2D eigenvalue weighted by atomic mass is 35.5. The van der Waals surface area contributed by atoms with Crippen LogP contribution in [-0.2, 0) is 6.42 Å². The molecule has 0 aliphatic rings. The van der Waals surface area contributed by atoms with E-state index in [1.807, 2.05) is 35.7 Å². The lowest BCUT2D eigenvalue weighted by molar-refractivity contribution is 0.595. The SMILES string of the molecule is Fc1cnc(Cl)nc1Cc1nc(-c2ccccc2)cs1. The van der Waals surface area contributed by atoms with Crippen LogP contribution in [0, 0.1) is 5.82 Å². The van der Waals surface area contributed by atoms with Gasteiger partial charge >= 0.3 is 0 Å². The highest BCUT2D eigenvalue weighted by molar-refractivity contribution is 7.10. The van der Waals surface area contributed by atoms with Gasteiger partial charge in [0.15, 0.2) is 5.82 Å².